The van der Waals surface area contributed by atoms with Gasteiger partial charge >= 0.3 is 0 Å². The fraction of sp³-hybridized carbons (Fsp3) is 0.353. The van der Waals surface area contributed by atoms with Crippen LogP contribution in [0.25, 0.3) is 6.08 Å². The molecule has 0 unspecified atom stereocenters. The highest BCUT2D eigenvalue weighted by Crippen LogP contribution is 2.31. The Hall–Kier alpha value is -3.08. The van der Waals surface area contributed by atoms with Gasteiger partial charge in [-0.05, 0) is 36.7 Å². The molecule has 2 aliphatic rings. The first-order chi connectivity index (χ1) is 13.5. The summed E-state index contributed by atoms with van der Waals surface area (Å²) in [6, 6.07) is 1.72. The van der Waals surface area contributed by atoms with Crippen LogP contribution in [0.4, 0.5) is 17.8 Å². The van der Waals surface area contributed by atoms with Crippen molar-refractivity contribution in [2.24, 2.45) is 0 Å². The summed E-state index contributed by atoms with van der Waals surface area (Å²) in [5.74, 6) is 1.45. The van der Waals surface area contributed by atoms with Gasteiger partial charge in [0.25, 0.3) is 0 Å². The lowest BCUT2D eigenvalue weighted by molar-refractivity contribution is -0.119. The van der Waals surface area contributed by atoms with Gasteiger partial charge in [0.1, 0.15) is 5.82 Å². The molecule has 4 rings (SSSR count). The highest BCUT2D eigenvalue weighted by atomic mass is 32.2. The van der Waals surface area contributed by atoms with Gasteiger partial charge in [-0.1, -0.05) is 0 Å². The van der Waals surface area contributed by atoms with E-state index in [2.05, 4.69) is 29.8 Å². The monoisotopic (exact) mass is 398 g/mol. The van der Waals surface area contributed by atoms with Crippen LogP contribution in [0.2, 0.25) is 0 Å². The van der Waals surface area contributed by atoms with E-state index < -0.39 is 0 Å². The van der Waals surface area contributed by atoms with Crippen molar-refractivity contribution < 1.29 is 9.59 Å². The largest absolute Gasteiger partial charge is 0.368 e. The molecule has 0 atom stereocenters. The SMILES string of the molecule is Nc1nc(N)nc(C2CCN(c3nccc(/C=C4\SC(=O)CC4=O)n3)CC2)n1. The van der Waals surface area contributed by atoms with Crippen molar-refractivity contribution in [2.75, 3.05) is 29.5 Å². The zero-order valence-corrected chi connectivity index (χ0v) is 15.7. The van der Waals surface area contributed by atoms with Crippen molar-refractivity contribution in [3.8, 4) is 0 Å². The Morgan fingerprint density at radius 2 is 1.79 bits per heavy atom. The summed E-state index contributed by atoms with van der Waals surface area (Å²) < 4.78 is 0. The van der Waals surface area contributed by atoms with E-state index in [1.165, 1.54) is 0 Å². The maximum atomic E-state index is 11.8. The fourth-order valence-corrected chi connectivity index (χ4v) is 4.03. The molecule has 28 heavy (non-hydrogen) atoms. The first-order valence-electron chi connectivity index (χ1n) is 8.78. The number of thioether (sulfide) groups is 1. The zero-order chi connectivity index (χ0) is 19.7. The molecule has 0 saturated carbocycles. The van der Waals surface area contributed by atoms with Crippen LogP contribution in [0.5, 0.6) is 0 Å². The second-order valence-electron chi connectivity index (χ2n) is 6.54. The smallest absolute Gasteiger partial charge is 0.225 e. The first-order valence-corrected chi connectivity index (χ1v) is 9.60. The Morgan fingerprint density at radius 1 is 1.07 bits per heavy atom. The minimum atomic E-state index is -0.160. The predicted molar refractivity (Wildman–Crippen MR) is 105 cm³/mol. The number of ketones is 1. The second kappa shape index (κ2) is 7.50. The number of nitrogen functional groups attached to an aromatic ring is 2. The van der Waals surface area contributed by atoms with Crippen LogP contribution in [0.15, 0.2) is 17.2 Å². The summed E-state index contributed by atoms with van der Waals surface area (Å²) in [6.45, 7) is 1.45. The van der Waals surface area contributed by atoms with Gasteiger partial charge in [0.15, 0.2) is 5.78 Å². The van der Waals surface area contributed by atoms with Gasteiger partial charge in [0, 0.05) is 25.2 Å². The van der Waals surface area contributed by atoms with E-state index in [0.29, 0.717) is 22.4 Å². The molecule has 144 valence electrons. The summed E-state index contributed by atoms with van der Waals surface area (Å²) >= 11 is 0.969. The number of nitrogens with zero attached hydrogens (tertiary/aromatic N) is 6. The van der Waals surface area contributed by atoms with Crippen LogP contribution in [0, 0.1) is 0 Å². The molecule has 0 amide bonds. The van der Waals surface area contributed by atoms with Gasteiger partial charge in [-0.2, -0.15) is 15.0 Å². The van der Waals surface area contributed by atoms with Crippen molar-refractivity contribution in [1.82, 2.24) is 24.9 Å². The van der Waals surface area contributed by atoms with Crippen molar-refractivity contribution >= 4 is 46.6 Å². The summed E-state index contributed by atoms with van der Waals surface area (Å²) in [5, 5.41) is -0.132. The lowest BCUT2D eigenvalue weighted by atomic mass is 9.96. The lowest BCUT2D eigenvalue weighted by Gasteiger charge is -2.31. The average molecular weight is 398 g/mol. The van der Waals surface area contributed by atoms with Gasteiger partial charge in [-0.3, -0.25) is 9.59 Å². The van der Waals surface area contributed by atoms with E-state index >= 15 is 0 Å². The number of anilines is 3. The van der Waals surface area contributed by atoms with E-state index in [-0.39, 0.29) is 35.1 Å². The van der Waals surface area contributed by atoms with Crippen LogP contribution >= 0.6 is 11.8 Å². The van der Waals surface area contributed by atoms with Crippen molar-refractivity contribution in [3.05, 3.63) is 28.7 Å². The highest BCUT2D eigenvalue weighted by molar-refractivity contribution is 8.18. The number of Topliss-reactive ketones (excluding diaryl/α,β-unsaturated/α-hetero) is 1. The van der Waals surface area contributed by atoms with Gasteiger partial charge in [0.05, 0.1) is 17.0 Å². The topological polar surface area (TPSA) is 154 Å². The Kier molecular flexibility index (Phi) is 4.90. The maximum Gasteiger partial charge on any atom is 0.225 e. The van der Waals surface area contributed by atoms with E-state index in [1.54, 1.807) is 18.3 Å². The van der Waals surface area contributed by atoms with Crippen molar-refractivity contribution in [2.45, 2.75) is 25.2 Å². The lowest BCUT2D eigenvalue weighted by Crippen LogP contribution is -2.34. The molecule has 0 aliphatic carbocycles. The van der Waals surface area contributed by atoms with Gasteiger partial charge < -0.3 is 16.4 Å². The van der Waals surface area contributed by atoms with E-state index in [0.717, 1.165) is 37.7 Å². The molecule has 0 aromatic carbocycles. The Bertz CT molecular complexity index is 951. The van der Waals surface area contributed by atoms with Crippen LogP contribution in [0.1, 0.15) is 36.7 Å². The number of hydrogen-bond acceptors (Lipinski definition) is 11. The Labute approximate surface area is 164 Å². The fourth-order valence-electron chi connectivity index (χ4n) is 3.22. The number of carbonyl (C=O) groups excluding carboxylic acids is 2. The van der Waals surface area contributed by atoms with Crippen LogP contribution in [-0.2, 0) is 9.59 Å². The Morgan fingerprint density at radius 3 is 2.43 bits per heavy atom. The molecular formula is C17H18N8O2S. The van der Waals surface area contributed by atoms with Crippen LogP contribution < -0.4 is 16.4 Å². The van der Waals surface area contributed by atoms with Crippen molar-refractivity contribution in [1.29, 1.82) is 0 Å². The molecule has 0 bridgehead atoms. The number of allylic oxidation sites excluding steroid dienone is 1. The van der Waals surface area contributed by atoms with Crippen LogP contribution in [0.3, 0.4) is 0 Å². The molecule has 4 N–H and O–H groups in total. The molecule has 4 heterocycles. The molecular weight excluding hydrogens is 380 g/mol. The first kappa shape index (κ1) is 18.3. The Balaban J connectivity index is 1.46. The van der Waals surface area contributed by atoms with E-state index in [4.69, 9.17) is 11.5 Å². The number of piperidine rings is 1. The normalized spacial score (nSPS) is 19.6. The zero-order valence-electron chi connectivity index (χ0n) is 14.9. The molecule has 2 aliphatic heterocycles. The second-order valence-corrected chi connectivity index (χ2v) is 7.63. The standard InChI is InChI=1S/C17H18N8O2S/c18-15-22-14(23-16(19)24-15)9-2-5-25(6-3-9)17-20-4-1-10(21-17)7-12-11(26)8-13(27)28-12/h1,4,7,9H,2-3,5-6,8H2,(H4,18,19,22,23,24)/b12-7-. The third-order valence-corrected chi connectivity index (χ3v) is 5.51. The maximum absolute atomic E-state index is 11.8. The number of carbonyl (C=O) groups is 2. The highest BCUT2D eigenvalue weighted by Gasteiger charge is 2.27. The van der Waals surface area contributed by atoms with Gasteiger partial charge in [0.2, 0.25) is 23.0 Å². The quantitative estimate of drug-likeness (QED) is 0.557. The number of aromatic nitrogens is 5. The predicted octanol–water partition coefficient (Wildman–Crippen LogP) is 0.783. The third-order valence-electron chi connectivity index (χ3n) is 4.58. The summed E-state index contributed by atoms with van der Waals surface area (Å²) in [7, 11) is 0. The number of hydrogen-bond donors (Lipinski definition) is 2. The third kappa shape index (κ3) is 3.93. The van der Waals surface area contributed by atoms with Gasteiger partial charge in [-0.25, -0.2) is 9.97 Å². The van der Waals surface area contributed by atoms with E-state index in [9.17, 15) is 9.59 Å². The summed E-state index contributed by atoms with van der Waals surface area (Å²) in [5.41, 5.74) is 11.9. The number of nitrogens with two attached hydrogens (primary N) is 2. The molecule has 0 spiro atoms. The van der Waals surface area contributed by atoms with Crippen LogP contribution in [-0.4, -0.2) is 48.9 Å². The van der Waals surface area contributed by atoms with E-state index in [1.807, 2.05) is 0 Å². The number of rotatable bonds is 3. The molecule has 2 aromatic rings. The minimum Gasteiger partial charge on any atom is -0.368 e. The summed E-state index contributed by atoms with van der Waals surface area (Å²) in [4.78, 5) is 46.8. The van der Waals surface area contributed by atoms with Gasteiger partial charge in [-0.15, -0.1) is 0 Å². The molecule has 0 radical (unpaired) electrons. The molecule has 11 heteroatoms. The molecule has 2 saturated heterocycles. The van der Waals surface area contributed by atoms with Crippen molar-refractivity contribution in [3.63, 3.8) is 0 Å². The molecule has 10 nitrogen and oxygen atoms in total. The molecule has 2 fully saturated rings. The minimum absolute atomic E-state index is 0.0476. The summed E-state index contributed by atoms with van der Waals surface area (Å²) in [6.07, 6.45) is 4.86. The average Bonchev–Trinajstić information content (AvgIpc) is 2.98. The molecule has 2 aromatic heterocycles.